The summed E-state index contributed by atoms with van der Waals surface area (Å²) >= 11 is 0. The highest BCUT2D eigenvalue weighted by Crippen LogP contribution is 2.15. The highest BCUT2D eigenvalue weighted by atomic mass is 16.2. The highest BCUT2D eigenvalue weighted by molar-refractivity contribution is 5.76. The second-order valence-corrected chi connectivity index (χ2v) is 5.71. The first-order chi connectivity index (χ1) is 10.9. The quantitative estimate of drug-likeness (QED) is 0.869. The van der Waals surface area contributed by atoms with E-state index in [9.17, 15) is 9.59 Å². The zero-order chi connectivity index (χ0) is 17.0. The molecule has 0 fully saturated rings. The third-order valence-corrected chi connectivity index (χ3v) is 3.81. The van der Waals surface area contributed by atoms with Crippen LogP contribution in [0.15, 0.2) is 23.3 Å². The highest BCUT2D eigenvalue weighted by Gasteiger charge is 2.18. The van der Waals surface area contributed by atoms with Gasteiger partial charge in [0.05, 0.1) is 11.7 Å². The summed E-state index contributed by atoms with van der Waals surface area (Å²) in [5.41, 5.74) is 1.29. The maximum atomic E-state index is 12.3. The minimum atomic E-state index is -0.271. The van der Waals surface area contributed by atoms with Gasteiger partial charge in [0.25, 0.3) is 5.56 Å². The summed E-state index contributed by atoms with van der Waals surface area (Å²) in [6.07, 6.45) is 5.25. The van der Waals surface area contributed by atoms with E-state index in [1.807, 2.05) is 31.7 Å². The second-order valence-electron chi connectivity index (χ2n) is 5.71. The molecule has 0 bridgehead atoms. The van der Waals surface area contributed by atoms with Crippen LogP contribution in [-0.2, 0) is 18.4 Å². The van der Waals surface area contributed by atoms with Gasteiger partial charge in [-0.1, -0.05) is 13.3 Å². The smallest absolute Gasteiger partial charge is 0.267 e. The topological polar surface area (TPSA) is 81.8 Å². The minimum Gasteiger partial charge on any atom is -0.345 e. The number of nitrogens with zero attached hydrogens (tertiary/aromatic N) is 4. The number of hydrogen-bond acceptors (Lipinski definition) is 4. The van der Waals surface area contributed by atoms with Crippen molar-refractivity contribution < 1.29 is 4.79 Å². The van der Waals surface area contributed by atoms with Gasteiger partial charge in [0.1, 0.15) is 12.4 Å². The van der Waals surface area contributed by atoms with Gasteiger partial charge in [0.15, 0.2) is 0 Å². The van der Waals surface area contributed by atoms with Gasteiger partial charge in [-0.15, -0.1) is 0 Å². The van der Waals surface area contributed by atoms with Crippen molar-refractivity contribution in [3.05, 3.63) is 45.9 Å². The molecule has 0 spiro atoms. The van der Waals surface area contributed by atoms with Gasteiger partial charge in [-0.05, 0) is 25.8 Å². The molecule has 124 valence electrons. The SMILES string of the molecule is CCC[C@H](NC(=O)Cn1nc(C)c(C)cc1=O)c1nccn1C. The summed E-state index contributed by atoms with van der Waals surface area (Å²) in [6.45, 7) is 5.60. The number of carbonyl (C=O) groups is 1. The van der Waals surface area contributed by atoms with Crippen LogP contribution in [0.2, 0.25) is 0 Å². The van der Waals surface area contributed by atoms with E-state index in [1.165, 1.54) is 10.7 Å². The number of imidazole rings is 1. The standard InChI is InChI=1S/C16H23N5O2/c1-5-6-13(16-17-7-8-20(16)4)18-14(22)10-21-15(23)9-11(2)12(3)19-21/h7-9,13H,5-6,10H2,1-4H3,(H,18,22)/t13-/m0/s1. The lowest BCUT2D eigenvalue weighted by Gasteiger charge is -2.18. The average Bonchev–Trinajstić information content (AvgIpc) is 2.90. The van der Waals surface area contributed by atoms with Gasteiger partial charge in [-0.25, -0.2) is 9.67 Å². The predicted molar refractivity (Wildman–Crippen MR) is 87.0 cm³/mol. The summed E-state index contributed by atoms with van der Waals surface area (Å²) in [7, 11) is 1.90. The Hall–Kier alpha value is -2.44. The molecule has 0 saturated heterocycles. The normalized spacial score (nSPS) is 12.2. The molecule has 7 heteroatoms. The molecule has 0 aliphatic carbocycles. The van der Waals surface area contributed by atoms with E-state index in [0.717, 1.165) is 29.9 Å². The zero-order valence-electron chi connectivity index (χ0n) is 14.0. The molecule has 1 amide bonds. The Labute approximate surface area is 135 Å². The summed E-state index contributed by atoms with van der Waals surface area (Å²) in [5.74, 6) is 0.560. The van der Waals surface area contributed by atoms with Crippen LogP contribution in [0.25, 0.3) is 0 Å². The lowest BCUT2D eigenvalue weighted by atomic mass is 10.1. The molecule has 0 aromatic carbocycles. The maximum absolute atomic E-state index is 12.3. The third kappa shape index (κ3) is 4.06. The van der Waals surface area contributed by atoms with Gasteiger partial charge >= 0.3 is 0 Å². The Balaban J connectivity index is 2.13. The number of amides is 1. The number of carbonyl (C=O) groups excluding carboxylic acids is 1. The van der Waals surface area contributed by atoms with Crippen LogP contribution in [0.1, 0.15) is 42.9 Å². The first kappa shape index (κ1) is 16.9. The Morgan fingerprint density at radius 1 is 1.39 bits per heavy atom. The van der Waals surface area contributed by atoms with Crippen molar-refractivity contribution in [2.75, 3.05) is 0 Å². The molecule has 1 atom stereocenters. The van der Waals surface area contributed by atoms with Crippen molar-refractivity contribution >= 4 is 5.91 Å². The lowest BCUT2D eigenvalue weighted by molar-refractivity contribution is -0.122. The number of nitrogens with one attached hydrogen (secondary N) is 1. The molecular weight excluding hydrogens is 294 g/mol. The second kappa shape index (κ2) is 7.21. The monoisotopic (exact) mass is 317 g/mol. The zero-order valence-corrected chi connectivity index (χ0v) is 14.0. The first-order valence-electron chi connectivity index (χ1n) is 7.74. The molecular formula is C16H23N5O2. The fraction of sp³-hybridized carbons (Fsp3) is 0.500. The van der Waals surface area contributed by atoms with Gasteiger partial charge in [0, 0.05) is 25.5 Å². The summed E-state index contributed by atoms with van der Waals surface area (Å²) < 4.78 is 3.08. The lowest BCUT2D eigenvalue weighted by Crippen LogP contribution is -2.36. The Bertz CT molecular complexity index is 747. The van der Waals surface area contributed by atoms with Crippen molar-refractivity contribution in [3.8, 4) is 0 Å². The largest absolute Gasteiger partial charge is 0.345 e. The average molecular weight is 317 g/mol. The van der Waals surface area contributed by atoms with Crippen molar-refractivity contribution in [2.45, 2.75) is 46.2 Å². The molecule has 2 aromatic heterocycles. The number of rotatable bonds is 6. The van der Waals surface area contributed by atoms with Gasteiger partial charge < -0.3 is 9.88 Å². The van der Waals surface area contributed by atoms with E-state index >= 15 is 0 Å². The summed E-state index contributed by atoms with van der Waals surface area (Å²) in [6, 6.07) is 1.33. The van der Waals surface area contributed by atoms with Gasteiger partial charge in [0.2, 0.25) is 5.91 Å². The van der Waals surface area contributed by atoms with Crippen LogP contribution in [-0.4, -0.2) is 25.2 Å². The molecule has 1 N–H and O–H groups in total. The Kier molecular flexibility index (Phi) is 5.31. The van der Waals surface area contributed by atoms with Crippen LogP contribution < -0.4 is 10.9 Å². The predicted octanol–water partition coefficient (Wildman–Crippen LogP) is 1.25. The molecule has 0 aliphatic rings. The molecule has 0 radical (unpaired) electrons. The van der Waals surface area contributed by atoms with Crippen LogP contribution >= 0.6 is 0 Å². The number of hydrogen-bond donors (Lipinski definition) is 1. The van der Waals surface area contributed by atoms with Crippen molar-refractivity contribution in [1.82, 2.24) is 24.6 Å². The van der Waals surface area contributed by atoms with Crippen molar-refractivity contribution in [3.63, 3.8) is 0 Å². The van der Waals surface area contributed by atoms with E-state index < -0.39 is 0 Å². The number of aryl methyl sites for hydroxylation is 3. The van der Waals surface area contributed by atoms with E-state index in [1.54, 1.807) is 6.20 Å². The maximum Gasteiger partial charge on any atom is 0.267 e. The van der Waals surface area contributed by atoms with Crippen LogP contribution in [0.5, 0.6) is 0 Å². The molecule has 0 saturated carbocycles. The van der Waals surface area contributed by atoms with E-state index in [2.05, 4.69) is 22.3 Å². The van der Waals surface area contributed by atoms with Crippen molar-refractivity contribution in [2.24, 2.45) is 7.05 Å². The fourth-order valence-electron chi connectivity index (χ4n) is 2.43. The molecule has 23 heavy (non-hydrogen) atoms. The molecule has 0 unspecified atom stereocenters. The molecule has 2 heterocycles. The van der Waals surface area contributed by atoms with E-state index in [4.69, 9.17) is 0 Å². The van der Waals surface area contributed by atoms with Crippen molar-refractivity contribution in [1.29, 1.82) is 0 Å². The van der Waals surface area contributed by atoms with Gasteiger partial charge in [-0.2, -0.15) is 5.10 Å². The van der Waals surface area contributed by atoms with E-state index in [0.29, 0.717) is 0 Å². The van der Waals surface area contributed by atoms with Crippen LogP contribution in [0, 0.1) is 13.8 Å². The molecule has 2 aromatic rings. The van der Waals surface area contributed by atoms with Crippen LogP contribution in [0.3, 0.4) is 0 Å². The third-order valence-electron chi connectivity index (χ3n) is 3.81. The Morgan fingerprint density at radius 2 is 2.13 bits per heavy atom. The molecule has 0 aliphatic heterocycles. The molecule has 2 rings (SSSR count). The Morgan fingerprint density at radius 3 is 2.74 bits per heavy atom. The fourth-order valence-corrected chi connectivity index (χ4v) is 2.43. The first-order valence-corrected chi connectivity index (χ1v) is 7.74. The summed E-state index contributed by atoms with van der Waals surface area (Å²) in [4.78, 5) is 28.5. The molecule has 7 nitrogen and oxygen atoms in total. The van der Waals surface area contributed by atoms with Crippen LogP contribution in [0.4, 0.5) is 0 Å². The number of aromatic nitrogens is 4. The summed E-state index contributed by atoms with van der Waals surface area (Å²) in [5, 5.41) is 7.12. The van der Waals surface area contributed by atoms with Gasteiger partial charge in [-0.3, -0.25) is 9.59 Å². The van der Waals surface area contributed by atoms with E-state index in [-0.39, 0.29) is 24.1 Å². The minimum absolute atomic E-state index is 0.0927.